The highest BCUT2D eigenvalue weighted by atomic mass is 16.3. The van der Waals surface area contributed by atoms with Crippen LogP contribution in [0.15, 0.2) is 24.3 Å². The average molecular weight is 232 g/mol. The van der Waals surface area contributed by atoms with Crippen LogP contribution in [0.3, 0.4) is 0 Å². The molecule has 17 heavy (non-hydrogen) atoms. The summed E-state index contributed by atoms with van der Waals surface area (Å²) in [5.74, 6) is 0.946. The molecule has 1 N–H and O–H groups in total. The van der Waals surface area contributed by atoms with Crippen LogP contribution >= 0.6 is 0 Å². The zero-order chi connectivity index (χ0) is 12.3. The van der Waals surface area contributed by atoms with Gasteiger partial charge in [0, 0.05) is 5.92 Å². The molecule has 1 saturated carbocycles. The van der Waals surface area contributed by atoms with E-state index in [1.807, 2.05) is 0 Å². The van der Waals surface area contributed by atoms with E-state index in [4.69, 9.17) is 0 Å². The molecule has 1 nitrogen and oxygen atoms in total. The van der Waals surface area contributed by atoms with E-state index in [9.17, 15) is 5.11 Å². The zero-order valence-electron chi connectivity index (χ0n) is 11.0. The highest BCUT2D eigenvalue weighted by Gasteiger charge is 2.22. The van der Waals surface area contributed by atoms with Gasteiger partial charge in [0.05, 0.1) is 6.10 Å². The third-order valence-electron chi connectivity index (χ3n) is 4.01. The van der Waals surface area contributed by atoms with Gasteiger partial charge in [-0.15, -0.1) is 0 Å². The molecular formula is C16H24O. The summed E-state index contributed by atoms with van der Waals surface area (Å²) in [6.45, 7) is 4.44. The lowest BCUT2D eigenvalue weighted by atomic mass is 9.88. The Morgan fingerprint density at radius 2 is 1.65 bits per heavy atom. The summed E-state index contributed by atoms with van der Waals surface area (Å²) < 4.78 is 0. The Morgan fingerprint density at radius 1 is 1.00 bits per heavy atom. The molecule has 1 aliphatic carbocycles. The second-order valence-corrected chi connectivity index (χ2v) is 5.63. The average Bonchev–Trinajstić information content (AvgIpc) is 2.54. The lowest BCUT2D eigenvalue weighted by Gasteiger charge is -2.21. The van der Waals surface area contributed by atoms with Crippen molar-refractivity contribution in [3.63, 3.8) is 0 Å². The van der Waals surface area contributed by atoms with Crippen molar-refractivity contribution in [2.24, 2.45) is 0 Å². The van der Waals surface area contributed by atoms with Gasteiger partial charge in [0.15, 0.2) is 0 Å². The topological polar surface area (TPSA) is 20.2 Å². The van der Waals surface area contributed by atoms with E-state index < -0.39 is 0 Å². The van der Waals surface area contributed by atoms with Gasteiger partial charge in [0.2, 0.25) is 0 Å². The number of benzene rings is 1. The summed E-state index contributed by atoms with van der Waals surface area (Å²) in [6.07, 6.45) is 5.69. The number of hydrogen-bond donors (Lipinski definition) is 1. The molecule has 0 radical (unpaired) electrons. The van der Waals surface area contributed by atoms with Crippen molar-refractivity contribution in [1.82, 2.24) is 0 Å². The first-order chi connectivity index (χ1) is 8.18. The Labute approximate surface area is 105 Å². The van der Waals surface area contributed by atoms with Crippen molar-refractivity contribution in [1.29, 1.82) is 0 Å². The van der Waals surface area contributed by atoms with Gasteiger partial charge < -0.3 is 5.11 Å². The van der Waals surface area contributed by atoms with Gasteiger partial charge in [0.25, 0.3) is 0 Å². The Kier molecular flexibility index (Phi) is 4.22. The van der Waals surface area contributed by atoms with E-state index in [1.54, 1.807) is 0 Å². The number of rotatable bonds is 2. The lowest BCUT2D eigenvalue weighted by molar-refractivity contribution is 0.135. The van der Waals surface area contributed by atoms with Crippen LogP contribution in [0.2, 0.25) is 0 Å². The number of hydrogen-bond acceptors (Lipinski definition) is 1. The van der Waals surface area contributed by atoms with Crippen LogP contribution in [-0.4, -0.2) is 11.2 Å². The minimum Gasteiger partial charge on any atom is -0.392 e. The van der Waals surface area contributed by atoms with Crippen molar-refractivity contribution < 1.29 is 5.11 Å². The minimum atomic E-state index is -0.137. The molecule has 94 valence electrons. The molecule has 1 heteroatoms. The molecular weight excluding hydrogens is 208 g/mol. The predicted octanol–water partition coefficient (Wildman–Crippen LogP) is 4.22. The third kappa shape index (κ3) is 3.10. The summed E-state index contributed by atoms with van der Waals surface area (Å²) >= 11 is 0. The monoisotopic (exact) mass is 232 g/mol. The Balaban J connectivity index is 2.14. The summed E-state index contributed by atoms with van der Waals surface area (Å²) in [5.41, 5.74) is 2.71. The zero-order valence-corrected chi connectivity index (χ0v) is 11.0. The maximum absolute atomic E-state index is 10.2. The maximum Gasteiger partial charge on any atom is 0.0608 e. The second-order valence-electron chi connectivity index (χ2n) is 5.63. The fraction of sp³-hybridized carbons (Fsp3) is 0.625. The van der Waals surface area contributed by atoms with E-state index >= 15 is 0 Å². The molecule has 1 fully saturated rings. The summed E-state index contributed by atoms with van der Waals surface area (Å²) in [5, 5.41) is 10.2. The molecule has 1 aromatic carbocycles. The first-order valence-corrected chi connectivity index (χ1v) is 6.96. The lowest BCUT2D eigenvalue weighted by Crippen LogP contribution is -2.16. The third-order valence-corrected chi connectivity index (χ3v) is 4.01. The highest BCUT2D eigenvalue weighted by Crippen LogP contribution is 2.32. The quantitative estimate of drug-likeness (QED) is 0.757. The van der Waals surface area contributed by atoms with Crippen molar-refractivity contribution >= 4 is 0 Å². The molecule has 0 aromatic heterocycles. The standard InChI is InChI=1S/C16H24O/c1-12(2)13-8-10-14(11-9-13)15-6-4-3-5-7-16(15)17/h8-12,15-17H,3-7H2,1-2H3. The second kappa shape index (κ2) is 5.68. The Hall–Kier alpha value is -0.820. The summed E-state index contributed by atoms with van der Waals surface area (Å²) in [7, 11) is 0. The van der Waals surface area contributed by atoms with Crippen LogP contribution in [0.25, 0.3) is 0 Å². The van der Waals surface area contributed by atoms with Crippen molar-refractivity contribution in [2.45, 2.75) is 63.9 Å². The van der Waals surface area contributed by atoms with Gasteiger partial charge in [-0.2, -0.15) is 0 Å². The van der Waals surface area contributed by atoms with Gasteiger partial charge in [-0.3, -0.25) is 0 Å². The van der Waals surface area contributed by atoms with E-state index in [0.717, 1.165) is 12.8 Å². The van der Waals surface area contributed by atoms with Gasteiger partial charge in [0.1, 0.15) is 0 Å². The van der Waals surface area contributed by atoms with Crippen molar-refractivity contribution in [3.8, 4) is 0 Å². The number of aliphatic hydroxyl groups is 1. The first-order valence-electron chi connectivity index (χ1n) is 6.96. The number of aliphatic hydroxyl groups excluding tert-OH is 1. The fourth-order valence-electron chi connectivity index (χ4n) is 2.80. The molecule has 2 unspecified atom stereocenters. The van der Waals surface area contributed by atoms with Crippen molar-refractivity contribution in [2.75, 3.05) is 0 Å². The Bertz CT molecular complexity index is 339. The maximum atomic E-state index is 10.2. The molecule has 2 atom stereocenters. The normalized spacial score (nSPS) is 25.9. The predicted molar refractivity (Wildman–Crippen MR) is 72.4 cm³/mol. The highest BCUT2D eigenvalue weighted by molar-refractivity contribution is 5.28. The van der Waals surface area contributed by atoms with Crippen molar-refractivity contribution in [3.05, 3.63) is 35.4 Å². The molecule has 0 bridgehead atoms. The van der Waals surface area contributed by atoms with E-state index in [0.29, 0.717) is 11.8 Å². The minimum absolute atomic E-state index is 0.137. The van der Waals surface area contributed by atoms with Gasteiger partial charge in [-0.1, -0.05) is 57.4 Å². The molecule has 0 aliphatic heterocycles. The molecule has 1 aromatic rings. The van der Waals surface area contributed by atoms with Crippen LogP contribution in [0.1, 0.15) is 68.9 Å². The first kappa shape index (κ1) is 12.6. The van der Waals surface area contributed by atoms with Gasteiger partial charge >= 0.3 is 0 Å². The molecule has 0 spiro atoms. The molecule has 0 saturated heterocycles. The van der Waals surface area contributed by atoms with Crippen LogP contribution in [-0.2, 0) is 0 Å². The fourth-order valence-corrected chi connectivity index (χ4v) is 2.80. The SMILES string of the molecule is CC(C)c1ccc(C2CCCCCC2O)cc1. The molecule has 2 rings (SSSR count). The van der Waals surface area contributed by atoms with Crippen LogP contribution < -0.4 is 0 Å². The summed E-state index contributed by atoms with van der Waals surface area (Å²) in [4.78, 5) is 0. The van der Waals surface area contributed by atoms with Crippen LogP contribution in [0.4, 0.5) is 0 Å². The molecule has 1 aliphatic rings. The van der Waals surface area contributed by atoms with E-state index in [-0.39, 0.29) is 6.10 Å². The van der Waals surface area contributed by atoms with E-state index in [2.05, 4.69) is 38.1 Å². The smallest absolute Gasteiger partial charge is 0.0608 e. The van der Waals surface area contributed by atoms with Crippen LogP contribution in [0.5, 0.6) is 0 Å². The van der Waals surface area contributed by atoms with Crippen LogP contribution in [0, 0.1) is 0 Å². The van der Waals surface area contributed by atoms with E-state index in [1.165, 1.54) is 30.4 Å². The molecule has 0 amide bonds. The molecule has 0 heterocycles. The van der Waals surface area contributed by atoms with Gasteiger partial charge in [-0.05, 0) is 29.9 Å². The summed E-state index contributed by atoms with van der Waals surface area (Å²) in [6, 6.07) is 8.87. The largest absolute Gasteiger partial charge is 0.392 e. The van der Waals surface area contributed by atoms with Gasteiger partial charge in [-0.25, -0.2) is 0 Å². The Morgan fingerprint density at radius 3 is 2.29 bits per heavy atom.